The molecule has 0 unspecified atom stereocenters. The third-order valence-corrected chi connectivity index (χ3v) is 1.29. The molecule has 7 heteroatoms. The summed E-state index contributed by atoms with van der Waals surface area (Å²) >= 11 is 0. The summed E-state index contributed by atoms with van der Waals surface area (Å²) in [5.74, 6) is -3.23. The van der Waals surface area contributed by atoms with Crippen molar-refractivity contribution in [1.82, 2.24) is 0 Å². The van der Waals surface area contributed by atoms with Gasteiger partial charge in [-0.25, -0.2) is 9.59 Å². The number of esters is 1. The molecule has 0 bridgehead atoms. The second kappa shape index (κ2) is 3.90. The Labute approximate surface area is 77.1 Å². The third-order valence-electron chi connectivity index (χ3n) is 1.29. The highest BCUT2D eigenvalue weighted by atomic mass is 16.8. The van der Waals surface area contributed by atoms with E-state index in [1.165, 1.54) is 0 Å². The fourth-order valence-electron chi connectivity index (χ4n) is 0.785. The standard InChI is InChI=1S/C7H6O7/c8-5(9)3-1-2-13-4(3)6(10)14-7(11)12/h1-2,7,11-12H,(H,8,9). The Balaban J connectivity index is 2.90. The molecular formula is C7H6O7. The second-order valence-electron chi connectivity index (χ2n) is 2.20. The Hall–Kier alpha value is -1.86. The third kappa shape index (κ3) is 2.09. The zero-order chi connectivity index (χ0) is 10.7. The van der Waals surface area contributed by atoms with Gasteiger partial charge in [0.25, 0.3) is 0 Å². The van der Waals surface area contributed by atoms with Crippen LogP contribution in [0.15, 0.2) is 16.7 Å². The van der Waals surface area contributed by atoms with E-state index in [0.29, 0.717) is 0 Å². The van der Waals surface area contributed by atoms with Gasteiger partial charge < -0.3 is 24.5 Å². The first-order valence-electron chi connectivity index (χ1n) is 3.40. The number of furan rings is 1. The van der Waals surface area contributed by atoms with Crippen LogP contribution in [-0.4, -0.2) is 33.7 Å². The van der Waals surface area contributed by atoms with Crippen molar-refractivity contribution in [2.24, 2.45) is 0 Å². The zero-order valence-electron chi connectivity index (χ0n) is 6.71. The molecule has 7 nitrogen and oxygen atoms in total. The lowest BCUT2D eigenvalue weighted by Gasteiger charge is -2.03. The molecular weight excluding hydrogens is 196 g/mol. The summed E-state index contributed by atoms with van der Waals surface area (Å²) in [6.07, 6.45) is 0.976. The molecule has 1 heterocycles. The molecule has 1 aromatic heterocycles. The maximum Gasteiger partial charge on any atom is 0.379 e. The van der Waals surface area contributed by atoms with Crippen molar-refractivity contribution >= 4 is 11.9 Å². The average Bonchev–Trinajstić information content (AvgIpc) is 2.49. The topological polar surface area (TPSA) is 117 Å². The molecule has 0 radical (unpaired) electrons. The van der Waals surface area contributed by atoms with Gasteiger partial charge in [0.15, 0.2) is 0 Å². The Morgan fingerprint density at radius 1 is 1.43 bits per heavy atom. The highest BCUT2D eigenvalue weighted by Crippen LogP contribution is 2.12. The fourth-order valence-corrected chi connectivity index (χ4v) is 0.785. The molecule has 0 aromatic carbocycles. The Morgan fingerprint density at radius 3 is 2.57 bits per heavy atom. The van der Waals surface area contributed by atoms with E-state index < -0.39 is 29.7 Å². The van der Waals surface area contributed by atoms with Crippen LogP contribution in [0, 0.1) is 0 Å². The lowest BCUT2D eigenvalue weighted by molar-refractivity contribution is -0.201. The summed E-state index contributed by atoms with van der Waals surface area (Å²) in [5.41, 5.74) is -0.407. The quantitative estimate of drug-likeness (QED) is 0.442. The molecule has 0 aliphatic carbocycles. The minimum absolute atomic E-state index is 0.407. The van der Waals surface area contributed by atoms with Gasteiger partial charge in [-0.15, -0.1) is 0 Å². The van der Waals surface area contributed by atoms with Crippen LogP contribution in [0.25, 0.3) is 0 Å². The minimum Gasteiger partial charge on any atom is -0.478 e. The van der Waals surface area contributed by atoms with E-state index in [9.17, 15) is 9.59 Å². The van der Waals surface area contributed by atoms with E-state index in [0.717, 1.165) is 12.3 Å². The van der Waals surface area contributed by atoms with Crippen molar-refractivity contribution in [3.8, 4) is 0 Å². The van der Waals surface area contributed by atoms with Gasteiger partial charge in [-0.2, -0.15) is 0 Å². The number of aliphatic hydroxyl groups is 2. The number of carbonyl (C=O) groups is 2. The molecule has 1 aromatic rings. The molecule has 0 saturated carbocycles. The Morgan fingerprint density at radius 2 is 2.07 bits per heavy atom. The predicted octanol–water partition coefficient (Wildman–Crippen LogP) is -0.597. The highest BCUT2D eigenvalue weighted by molar-refractivity contribution is 6.00. The van der Waals surface area contributed by atoms with Crippen LogP contribution in [0.4, 0.5) is 0 Å². The van der Waals surface area contributed by atoms with Crippen molar-refractivity contribution in [2.45, 2.75) is 6.48 Å². The maximum atomic E-state index is 10.9. The molecule has 0 spiro atoms. The molecule has 0 saturated heterocycles. The molecule has 3 N–H and O–H groups in total. The van der Waals surface area contributed by atoms with E-state index >= 15 is 0 Å². The first-order chi connectivity index (χ1) is 6.52. The van der Waals surface area contributed by atoms with Crippen molar-refractivity contribution < 1.29 is 34.1 Å². The van der Waals surface area contributed by atoms with Crippen LogP contribution >= 0.6 is 0 Å². The Kier molecular flexibility index (Phi) is 2.85. The number of carboxylic acid groups (broad SMARTS) is 1. The number of hydrogen-bond donors (Lipinski definition) is 3. The molecule has 14 heavy (non-hydrogen) atoms. The summed E-state index contributed by atoms with van der Waals surface area (Å²) < 4.78 is 8.41. The van der Waals surface area contributed by atoms with Gasteiger partial charge in [0, 0.05) is 0 Å². The number of aliphatic hydroxyl groups excluding tert-OH is 1. The molecule has 0 atom stereocenters. The van der Waals surface area contributed by atoms with Gasteiger partial charge in [-0.3, -0.25) is 0 Å². The highest BCUT2D eigenvalue weighted by Gasteiger charge is 2.23. The SMILES string of the molecule is O=C(O)c1ccoc1C(=O)OC(O)O. The largest absolute Gasteiger partial charge is 0.478 e. The number of rotatable bonds is 3. The van der Waals surface area contributed by atoms with Crippen molar-refractivity contribution in [2.75, 3.05) is 0 Å². The van der Waals surface area contributed by atoms with E-state index in [1.807, 2.05) is 0 Å². The molecule has 0 fully saturated rings. The smallest absolute Gasteiger partial charge is 0.379 e. The average molecular weight is 202 g/mol. The molecule has 1 rings (SSSR count). The van der Waals surface area contributed by atoms with Gasteiger partial charge in [-0.05, 0) is 6.07 Å². The van der Waals surface area contributed by atoms with E-state index in [-0.39, 0.29) is 0 Å². The summed E-state index contributed by atoms with van der Waals surface area (Å²) in [7, 11) is 0. The van der Waals surface area contributed by atoms with Crippen molar-refractivity contribution in [1.29, 1.82) is 0 Å². The van der Waals surface area contributed by atoms with Crippen molar-refractivity contribution in [3.05, 3.63) is 23.7 Å². The zero-order valence-corrected chi connectivity index (χ0v) is 6.71. The lowest BCUT2D eigenvalue weighted by Crippen LogP contribution is -2.18. The van der Waals surface area contributed by atoms with Crippen molar-refractivity contribution in [3.63, 3.8) is 0 Å². The molecule has 0 aliphatic heterocycles. The first kappa shape index (κ1) is 10.2. The number of carboxylic acids is 1. The van der Waals surface area contributed by atoms with Crippen LogP contribution in [0.5, 0.6) is 0 Å². The van der Waals surface area contributed by atoms with Gasteiger partial charge in [-0.1, -0.05) is 0 Å². The van der Waals surface area contributed by atoms with E-state index in [4.69, 9.17) is 15.3 Å². The minimum atomic E-state index is -2.31. The van der Waals surface area contributed by atoms with E-state index in [2.05, 4.69) is 9.15 Å². The van der Waals surface area contributed by atoms with Gasteiger partial charge >= 0.3 is 18.4 Å². The summed E-state index contributed by atoms with van der Waals surface area (Å²) in [6.45, 7) is -2.31. The lowest BCUT2D eigenvalue weighted by atomic mass is 10.2. The van der Waals surface area contributed by atoms with Crippen LogP contribution in [0.2, 0.25) is 0 Å². The van der Waals surface area contributed by atoms with Crippen LogP contribution in [0.1, 0.15) is 20.9 Å². The van der Waals surface area contributed by atoms with Gasteiger partial charge in [0.2, 0.25) is 5.76 Å². The maximum absolute atomic E-state index is 10.9. The number of ether oxygens (including phenoxy) is 1. The summed E-state index contributed by atoms with van der Waals surface area (Å²) in [5, 5.41) is 25.1. The first-order valence-corrected chi connectivity index (χ1v) is 3.40. The number of aromatic carboxylic acids is 1. The van der Waals surface area contributed by atoms with Gasteiger partial charge in [0.05, 0.1) is 6.26 Å². The van der Waals surface area contributed by atoms with Crippen LogP contribution in [0.3, 0.4) is 0 Å². The predicted molar refractivity (Wildman–Crippen MR) is 39.3 cm³/mol. The molecule has 0 aliphatic rings. The van der Waals surface area contributed by atoms with E-state index in [1.54, 1.807) is 0 Å². The summed E-state index contributed by atoms with van der Waals surface area (Å²) in [4.78, 5) is 21.4. The fraction of sp³-hybridized carbons (Fsp3) is 0.143. The Bertz CT molecular complexity index is 351. The second-order valence-corrected chi connectivity index (χ2v) is 2.20. The molecule has 0 amide bonds. The summed E-state index contributed by atoms with van der Waals surface area (Å²) in [6, 6.07) is 1.04. The van der Waals surface area contributed by atoms with Crippen LogP contribution < -0.4 is 0 Å². The van der Waals surface area contributed by atoms with Gasteiger partial charge in [0.1, 0.15) is 5.56 Å². The monoisotopic (exact) mass is 202 g/mol. The normalized spacial score (nSPS) is 10.2. The van der Waals surface area contributed by atoms with Crippen LogP contribution in [-0.2, 0) is 4.74 Å². The molecule has 76 valence electrons. The number of hydrogen-bond acceptors (Lipinski definition) is 6. The number of carbonyl (C=O) groups excluding carboxylic acids is 1.